The molecule has 1 aromatic heterocycles. The highest BCUT2D eigenvalue weighted by atomic mass is 15.0. The molecule has 1 saturated carbocycles. The van der Waals surface area contributed by atoms with Crippen LogP contribution in [0.1, 0.15) is 18.4 Å². The first-order valence-corrected chi connectivity index (χ1v) is 5.56. The van der Waals surface area contributed by atoms with Gasteiger partial charge in [-0.25, -0.2) is 4.98 Å². The molecule has 0 unspecified atom stereocenters. The molecule has 1 aliphatic carbocycles. The monoisotopic (exact) mass is 213 g/mol. The van der Waals surface area contributed by atoms with Gasteiger partial charge in [-0.15, -0.1) is 0 Å². The van der Waals surface area contributed by atoms with Gasteiger partial charge in [-0.1, -0.05) is 24.3 Å². The predicted octanol–water partition coefficient (Wildman–Crippen LogP) is 2.03. The van der Waals surface area contributed by atoms with Crippen LogP contribution in [0.5, 0.6) is 0 Å². The van der Waals surface area contributed by atoms with Crippen LogP contribution in [0, 0.1) is 0 Å². The number of aryl methyl sites for hydroxylation is 1. The van der Waals surface area contributed by atoms with E-state index in [1.54, 1.807) is 0 Å². The first kappa shape index (κ1) is 9.60. The van der Waals surface area contributed by atoms with Gasteiger partial charge in [-0.05, 0) is 18.4 Å². The van der Waals surface area contributed by atoms with Crippen molar-refractivity contribution in [2.24, 2.45) is 12.8 Å². The second-order valence-corrected chi connectivity index (χ2v) is 4.60. The summed E-state index contributed by atoms with van der Waals surface area (Å²) in [5.74, 6) is 0.994. The summed E-state index contributed by atoms with van der Waals surface area (Å²) in [7, 11) is 2.00. The summed E-state index contributed by atoms with van der Waals surface area (Å²) < 4.78 is 2.02. The van der Waals surface area contributed by atoms with E-state index in [4.69, 9.17) is 5.73 Å². The fraction of sp³-hybridized carbons (Fsp3) is 0.308. The average molecular weight is 213 g/mol. The average Bonchev–Trinajstić information content (AvgIpc) is 2.90. The molecule has 0 aliphatic heterocycles. The Bertz CT molecular complexity index is 506. The first-order valence-electron chi connectivity index (χ1n) is 5.56. The Kier molecular flexibility index (Phi) is 1.91. The molecule has 0 saturated heterocycles. The van der Waals surface area contributed by atoms with Crippen molar-refractivity contribution in [2.45, 2.75) is 18.4 Å². The highest BCUT2D eigenvalue weighted by Crippen LogP contribution is 2.42. The predicted molar refractivity (Wildman–Crippen MR) is 63.7 cm³/mol. The summed E-state index contributed by atoms with van der Waals surface area (Å²) in [6.07, 6.45) is 5.98. The molecule has 1 aromatic carbocycles. The van der Waals surface area contributed by atoms with Crippen molar-refractivity contribution < 1.29 is 0 Å². The Morgan fingerprint density at radius 3 is 2.44 bits per heavy atom. The summed E-state index contributed by atoms with van der Waals surface area (Å²) in [5, 5.41) is 0. The lowest BCUT2D eigenvalue weighted by Gasteiger charge is -2.09. The molecular formula is C13H15N3. The number of benzene rings is 1. The van der Waals surface area contributed by atoms with Gasteiger partial charge in [-0.3, -0.25) is 0 Å². The first-order chi connectivity index (χ1) is 7.69. The van der Waals surface area contributed by atoms with E-state index >= 15 is 0 Å². The van der Waals surface area contributed by atoms with Crippen LogP contribution in [0.15, 0.2) is 36.7 Å². The Morgan fingerprint density at radius 1 is 1.25 bits per heavy atom. The maximum atomic E-state index is 6.15. The molecule has 0 atom stereocenters. The number of rotatable bonds is 2. The zero-order valence-corrected chi connectivity index (χ0v) is 9.35. The second kappa shape index (κ2) is 3.19. The molecule has 0 radical (unpaired) electrons. The number of hydrogen-bond acceptors (Lipinski definition) is 2. The van der Waals surface area contributed by atoms with E-state index in [-0.39, 0.29) is 5.54 Å². The van der Waals surface area contributed by atoms with Crippen LogP contribution in [-0.4, -0.2) is 9.55 Å². The van der Waals surface area contributed by atoms with Crippen LogP contribution in [0.4, 0.5) is 0 Å². The number of nitrogens with zero attached hydrogens (tertiary/aromatic N) is 2. The van der Waals surface area contributed by atoms with Gasteiger partial charge in [0, 0.05) is 30.5 Å². The lowest BCUT2D eigenvalue weighted by Crippen LogP contribution is -2.18. The molecule has 1 aliphatic rings. The number of nitrogens with two attached hydrogens (primary N) is 1. The topological polar surface area (TPSA) is 43.8 Å². The fourth-order valence-corrected chi connectivity index (χ4v) is 2.02. The third-order valence-electron chi connectivity index (χ3n) is 3.33. The van der Waals surface area contributed by atoms with Crippen LogP contribution < -0.4 is 5.73 Å². The Labute approximate surface area is 94.9 Å². The molecule has 1 fully saturated rings. The molecule has 0 amide bonds. The van der Waals surface area contributed by atoms with Crippen LogP contribution in [-0.2, 0) is 12.6 Å². The zero-order valence-electron chi connectivity index (χ0n) is 9.35. The third kappa shape index (κ3) is 1.44. The Hall–Kier alpha value is -1.61. The number of imidazole rings is 1. The van der Waals surface area contributed by atoms with Crippen molar-refractivity contribution in [1.29, 1.82) is 0 Å². The van der Waals surface area contributed by atoms with E-state index in [0.717, 1.165) is 24.2 Å². The van der Waals surface area contributed by atoms with E-state index in [1.807, 2.05) is 24.0 Å². The van der Waals surface area contributed by atoms with E-state index in [2.05, 4.69) is 29.2 Å². The zero-order chi connectivity index (χ0) is 11.2. The SMILES string of the molecule is Cn1ccnc1-c1ccc(C2(N)CC2)cc1. The minimum atomic E-state index is -0.0415. The van der Waals surface area contributed by atoms with Crippen molar-refractivity contribution in [3.8, 4) is 11.4 Å². The fourth-order valence-electron chi connectivity index (χ4n) is 2.02. The van der Waals surface area contributed by atoms with E-state index in [9.17, 15) is 0 Å². The highest BCUT2D eigenvalue weighted by molar-refractivity contribution is 5.56. The molecule has 2 aromatic rings. The summed E-state index contributed by atoms with van der Waals surface area (Å²) in [5.41, 5.74) is 8.48. The lowest BCUT2D eigenvalue weighted by atomic mass is 10.0. The van der Waals surface area contributed by atoms with Gasteiger partial charge in [-0.2, -0.15) is 0 Å². The summed E-state index contributed by atoms with van der Waals surface area (Å²) >= 11 is 0. The summed E-state index contributed by atoms with van der Waals surface area (Å²) in [6, 6.07) is 8.45. The molecular weight excluding hydrogens is 198 g/mol. The molecule has 16 heavy (non-hydrogen) atoms. The molecule has 3 heteroatoms. The number of hydrogen-bond donors (Lipinski definition) is 1. The molecule has 0 spiro atoms. The number of aromatic nitrogens is 2. The molecule has 0 bridgehead atoms. The van der Waals surface area contributed by atoms with Gasteiger partial charge in [0.1, 0.15) is 5.82 Å². The summed E-state index contributed by atoms with van der Waals surface area (Å²) in [6.45, 7) is 0. The minimum Gasteiger partial charge on any atom is -0.334 e. The van der Waals surface area contributed by atoms with Crippen molar-refractivity contribution >= 4 is 0 Å². The van der Waals surface area contributed by atoms with Crippen LogP contribution in [0.2, 0.25) is 0 Å². The van der Waals surface area contributed by atoms with Crippen molar-refractivity contribution in [2.75, 3.05) is 0 Å². The molecule has 1 heterocycles. The van der Waals surface area contributed by atoms with Gasteiger partial charge >= 0.3 is 0 Å². The Morgan fingerprint density at radius 2 is 1.94 bits per heavy atom. The second-order valence-electron chi connectivity index (χ2n) is 4.60. The van der Waals surface area contributed by atoms with E-state index < -0.39 is 0 Å². The van der Waals surface area contributed by atoms with E-state index in [0.29, 0.717) is 0 Å². The Balaban J connectivity index is 1.96. The van der Waals surface area contributed by atoms with Gasteiger partial charge in [0.15, 0.2) is 0 Å². The van der Waals surface area contributed by atoms with Crippen LogP contribution in [0.3, 0.4) is 0 Å². The highest BCUT2D eigenvalue weighted by Gasteiger charge is 2.39. The lowest BCUT2D eigenvalue weighted by molar-refractivity contribution is 0.740. The molecule has 2 N–H and O–H groups in total. The van der Waals surface area contributed by atoms with Crippen LogP contribution >= 0.6 is 0 Å². The standard InChI is InChI=1S/C13H15N3/c1-16-9-8-15-12(16)10-2-4-11(5-3-10)13(14)6-7-13/h2-5,8-9H,6-7,14H2,1H3. The summed E-state index contributed by atoms with van der Waals surface area (Å²) in [4.78, 5) is 4.33. The molecule has 82 valence electrons. The van der Waals surface area contributed by atoms with Gasteiger partial charge in [0.2, 0.25) is 0 Å². The van der Waals surface area contributed by atoms with Crippen molar-refractivity contribution in [1.82, 2.24) is 9.55 Å². The third-order valence-corrected chi connectivity index (χ3v) is 3.33. The largest absolute Gasteiger partial charge is 0.334 e. The maximum absolute atomic E-state index is 6.15. The quantitative estimate of drug-likeness (QED) is 0.829. The van der Waals surface area contributed by atoms with Gasteiger partial charge in [0.25, 0.3) is 0 Å². The van der Waals surface area contributed by atoms with Crippen molar-refractivity contribution in [3.05, 3.63) is 42.2 Å². The molecule has 3 rings (SSSR count). The normalized spacial score (nSPS) is 17.4. The van der Waals surface area contributed by atoms with Crippen LogP contribution in [0.25, 0.3) is 11.4 Å². The minimum absolute atomic E-state index is 0.0415. The molecule has 3 nitrogen and oxygen atoms in total. The van der Waals surface area contributed by atoms with Gasteiger partial charge < -0.3 is 10.3 Å². The van der Waals surface area contributed by atoms with Gasteiger partial charge in [0.05, 0.1) is 0 Å². The van der Waals surface area contributed by atoms with Crippen molar-refractivity contribution in [3.63, 3.8) is 0 Å². The van der Waals surface area contributed by atoms with E-state index in [1.165, 1.54) is 5.56 Å². The smallest absolute Gasteiger partial charge is 0.139 e. The maximum Gasteiger partial charge on any atom is 0.139 e.